The molecule has 1 fully saturated rings. The number of nitrogens with one attached hydrogen (secondary N) is 1. The average Bonchev–Trinajstić information content (AvgIpc) is 3.04. The van der Waals surface area contributed by atoms with E-state index in [9.17, 15) is 0 Å². The summed E-state index contributed by atoms with van der Waals surface area (Å²) in [6.45, 7) is 7.61. The van der Waals surface area contributed by atoms with Gasteiger partial charge < -0.3 is 9.84 Å². The van der Waals surface area contributed by atoms with Gasteiger partial charge in [-0.1, -0.05) is 42.4 Å². The zero-order valence-electron chi connectivity index (χ0n) is 13.3. The van der Waals surface area contributed by atoms with Crippen LogP contribution in [0.5, 0.6) is 0 Å². The highest BCUT2D eigenvalue weighted by atomic mass is 16.5. The van der Waals surface area contributed by atoms with Crippen molar-refractivity contribution in [2.75, 3.05) is 26.2 Å². The first kappa shape index (κ1) is 15.3. The fourth-order valence-electron chi connectivity index (χ4n) is 3.05. The molecule has 0 amide bonds. The van der Waals surface area contributed by atoms with Crippen LogP contribution in [-0.2, 0) is 6.54 Å². The highest BCUT2D eigenvalue weighted by molar-refractivity contribution is 5.56. The maximum atomic E-state index is 5.48. The van der Waals surface area contributed by atoms with Crippen molar-refractivity contribution in [3.63, 3.8) is 0 Å². The van der Waals surface area contributed by atoms with Crippen LogP contribution in [0.1, 0.15) is 25.5 Å². The normalized spacial score (nSPS) is 17.0. The van der Waals surface area contributed by atoms with E-state index < -0.39 is 0 Å². The summed E-state index contributed by atoms with van der Waals surface area (Å²) in [7, 11) is 0. The Labute approximate surface area is 132 Å². The van der Waals surface area contributed by atoms with E-state index in [0.29, 0.717) is 0 Å². The molecule has 0 spiro atoms. The number of aromatic nitrogens is 1. The van der Waals surface area contributed by atoms with Crippen LogP contribution in [0.15, 0.2) is 40.9 Å². The van der Waals surface area contributed by atoms with Gasteiger partial charge >= 0.3 is 0 Å². The summed E-state index contributed by atoms with van der Waals surface area (Å²) in [6.07, 6.45) is 2.55. The van der Waals surface area contributed by atoms with Gasteiger partial charge in [0.2, 0.25) is 0 Å². The maximum Gasteiger partial charge on any atom is 0.167 e. The monoisotopic (exact) mass is 299 g/mol. The lowest BCUT2D eigenvalue weighted by molar-refractivity contribution is 0.172. The van der Waals surface area contributed by atoms with Gasteiger partial charge in [-0.15, -0.1) is 0 Å². The van der Waals surface area contributed by atoms with E-state index in [4.69, 9.17) is 4.52 Å². The molecule has 0 bridgehead atoms. The van der Waals surface area contributed by atoms with Crippen LogP contribution in [0.25, 0.3) is 11.3 Å². The summed E-state index contributed by atoms with van der Waals surface area (Å²) < 4.78 is 5.48. The molecule has 0 atom stereocenters. The van der Waals surface area contributed by atoms with E-state index in [1.807, 2.05) is 18.2 Å². The van der Waals surface area contributed by atoms with Crippen LogP contribution in [0, 0.1) is 5.92 Å². The van der Waals surface area contributed by atoms with Gasteiger partial charge in [-0.25, -0.2) is 0 Å². The van der Waals surface area contributed by atoms with Crippen LogP contribution < -0.4 is 5.32 Å². The summed E-state index contributed by atoms with van der Waals surface area (Å²) in [5.41, 5.74) is 2.12. The highest BCUT2D eigenvalue weighted by Crippen LogP contribution is 2.22. The largest absolute Gasteiger partial charge is 0.356 e. The summed E-state index contributed by atoms with van der Waals surface area (Å²) in [5, 5.41) is 7.68. The first-order chi connectivity index (χ1) is 10.8. The standard InChI is InChI=1S/C18H25N3O/c1-2-19-13-15-8-10-21(11-9-15)14-17-12-18(22-20-17)16-6-4-3-5-7-16/h3-7,12,15,19H,2,8-11,13-14H2,1H3. The van der Waals surface area contributed by atoms with Gasteiger partial charge in [-0.3, -0.25) is 4.90 Å². The van der Waals surface area contributed by atoms with Crippen molar-refractivity contribution >= 4 is 0 Å². The molecule has 4 heteroatoms. The Hall–Kier alpha value is -1.65. The summed E-state index contributed by atoms with van der Waals surface area (Å²) in [6, 6.07) is 12.2. The van der Waals surface area contributed by atoms with Gasteiger partial charge in [0.15, 0.2) is 5.76 Å². The molecular weight excluding hydrogens is 274 g/mol. The molecule has 3 rings (SSSR count). The van der Waals surface area contributed by atoms with E-state index in [1.165, 1.54) is 12.8 Å². The molecule has 2 heterocycles. The fourth-order valence-corrected chi connectivity index (χ4v) is 3.05. The molecule has 118 valence electrons. The maximum absolute atomic E-state index is 5.48. The molecule has 1 aromatic carbocycles. The Kier molecular flexibility index (Phi) is 5.24. The molecule has 1 saturated heterocycles. The number of hydrogen-bond acceptors (Lipinski definition) is 4. The van der Waals surface area contributed by atoms with Crippen molar-refractivity contribution in [2.24, 2.45) is 5.92 Å². The third kappa shape index (κ3) is 3.96. The first-order valence-electron chi connectivity index (χ1n) is 8.29. The Morgan fingerprint density at radius 1 is 1.23 bits per heavy atom. The van der Waals surface area contributed by atoms with Crippen LogP contribution in [0.3, 0.4) is 0 Å². The van der Waals surface area contributed by atoms with Gasteiger partial charge in [0.1, 0.15) is 0 Å². The molecule has 4 nitrogen and oxygen atoms in total. The van der Waals surface area contributed by atoms with E-state index in [2.05, 4.69) is 40.5 Å². The van der Waals surface area contributed by atoms with E-state index in [0.717, 1.165) is 55.7 Å². The van der Waals surface area contributed by atoms with Gasteiger partial charge in [0.05, 0.1) is 5.69 Å². The molecule has 22 heavy (non-hydrogen) atoms. The predicted molar refractivity (Wildman–Crippen MR) is 88.5 cm³/mol. The van der Waals surface area contributed by atoms with E-state index in [-0.39, 0.29) is 0 Å². The zero-order valence-corrected chi connectivity index (χ0v) is 13.3. The quantitative estimate of drug-likeness (QED) is 0.889. The second kappa shape index (κ2) is 7.56. The molecular formula is C18H25N3O. The molecule has 0 saturated carbocycles. The Morgan fingerprint density at radius 2 is 2.00 bits per heavy atom. The van der Waals surface area contributed by atoms with Gasteiger partial charge in [0, 0.05) is 18.2 Å². The first-order valence-corrected chi connectivity index (χ1v) is 8.29. The third-order valence-corrected chi connectivity index (χ3v) is 4.39. The third-order valence-electron chi connectivity index (χ3n) is 4.39. The van der Waals surface area contributed by atoms with Crippen LogP contribution in [0.2, 0.25) is 0 Å². The van der Waals surface area contributed by atoms with Crippen molar-refractivity contribution in [3.05, 3.63) is 42.1 Å². The molecule has 0 radical (unpaired) electrons. The topological polar surface area (TPSA) is 41.3 Å². The van der Waals surface area contributed by atoms with Crippen molar-refractivity contribution in [3.8, 4) is 11.3 Å². The number of likely N-dealkylation sites (tertiary alicyclic amines) is 1. The van der Waals surface area contributed by atoms with Crippen molar-refractivity contribution in [1.82, 2.24) is 15.4 Å². The Balaban J connectivity index is 1.51. The lowest BCUT2D eigenvalue weighted by atomic mass is 9.96. The summed E-state index contributed by atoms with van der Waals surface area (Å²) in [4.78, 5) is 2.48. The van der Waals surface area contributed by atoms with Crippen molar-refractivity contribution in [1.29, 1.82) is 0 Å². The van der Waals surface area contributed by atoms with Crippen LogP contribution >= 0.6 is 0 Å². The fraction of sp³-hybridized carbons (Fsp3) is 0.500. The minimum Gasteiger partial charge on any atom is -0.356 e. The van der Waals surface area contributed by atoms with Crippen molar-refractivity contribution < 1.29 is 4.52 Å². The number of rotatable bonds is 6. The zero-order chi connectivity index (χ0) is 15.2. The van der Waals surface area contributed by atoms with Gasteiger partial charge in [-0.2, -0.15) is 0 Å². The smallest absolute Gasteiger partial charge is 0.167 e. The molecule has 0 aliphatic carbocycles. The second-order valence-corrected chi connectivity index (χ2v) is 6.08. The number of piperidine rings is 1. The summed E-state index contributed by atoms with van der Waals surface area (Å²) >= 11 is 0. The average molecular weight is 299 g/mol. The molecule has 1 aliphatic rings. The summed E-state index contributed by atoms with van der Waals surface area (Å²) in [5.74, 6) is 1.69. The number of nitrogens with zero attached hydrogens (tertiary/aromatic N) is 2. The number of hydrogen-bond donors (Lipinski definition) is 1. The molecule has 2 aromatic rings. The minimum atomic E-state index is 0.827. The predicted octanol–water partition coefficient (Wildman–Crippen LogP) is 3.16. The Morgan fingerprint density at radius 3 is 2.73 bits per heavy atom. The van der Waals surface area contributed by atoms with E-state index >= 15 is 0 Å². The van der Waals surface area contributed by atoms with Crippen molar-refractivity contribution in [2.45, 2.75) is 26.3 Å². The van der Waals surface area contributed by atoms with Crippen LogP contribution in [-0.4, -0.2) is 36.2 Å². The SMILES string of the molecule is CCNCC1CCN(Cc2cc(-c3ccccc3)on2)CC1. The van der Waals surface area contributed by atoms with Gasteiger partial charge in [-0.05, 0) is 44.9 Å². The lowest BCUT2D eigenvalue weighted by Gasteiger charge is -2.31. The molecule has 1 aliphatic heterocycles. The highest BCUT2D eigenvalue weighted by Gasteiger charge is 2.20. The minimum absolute atomic E-state index is 0.827. The van der Waals surface area contributed by atoms with Crippen LogP contribution in [0.4, 0.5) is 0 Å². The lowest BCUT2D eigenvalue weighted by Crippen LogP contribution is -2.36. The molecule has 1 N–H and O–H groups in total. The second-order valence-electron chi connectivity index (χ2n) is 6.08. The number of benzene rings is 1. The molecule has 1 aromatic heterocycles. The Bertz CT molecular complexity index is 559. The van der Waals surface area contributed by atoms with Gasteiger partial charge in [0.25, 0.3) is 0 Å². The molecule has 0 unspecified atom stereocenters. The van der Waals surface area contributed by atoms with E-state index in [1.54, 1.807) is 0 Å².